The van der Waals surface area contributed by atoms with E-state index >= 15 is 0 Å². The lowest BCUT2D eigenvalue weighted by molar-refractivity contribution is -0.142. The van der Waals surface area contributed by atoms with E-state index < -0.39 is 0 Å². The highest BCUT2D eigenvalue weighted by Crippen LogP contribution is 2.24. The highest BCUT2D eigenvalue weighted by Gasteiger charge is 2.12. The average molecular weight is 364 g/mol. The van der Waals surface area contributed by atoms with Crippen LogP contribution in [0.5, 0.6) is 0 Å². The number of hydrogen-bond donors (Lipinski definition) is 1. The Kier molecular flexibility index (Phi) is 7.28. The van der Waals surface area contributed by atoms with Crippen LogP contribution in [0.4, 0.5) is 15.8 Å². The molecule has 0 atom stereocenters. The zero-order valence-corrected chi connectivity index (χ0v) is 15.0. The lowest BCUT2D eigenvalue weighted by atomic mass is 10.1. The molecule has 2 aromatic rings. The monoisotopic (exact) mass is 364 g/mol. The van der Waals surface area contributed by atoms with Gasteiger partial charge >= 0.3 is 5.97 Å². The topological polar surface area (TPSA) is 55.6 Å². The van der Waals surface area contributed by atoms with Gasteiger partial charge in [0.15, 0.2) is 0 Å². The lowest BCUT2D eigenvalue weighted by Crippen LogP contribution is -2.23. The van der Waals surface area contributed by atoms with E-state index in [-0.39, 0.29) is 24.8 Å². The van der Waals surface area contributed by atoms with Gasteiger partial charge in [0.05, 0.1) is 13.0 Å². The van der Waals surface area contributed by atoms with Crippen molar-refractivity contribution in [2.45, 2.75) is 19.4 Å². The molecule has 5 heteroatoms. The Labute approximate surface area is 159 Å². The van der Waals surface area contributed by atoms with Crippen molar-refractivity contribution in [3.63, 3.8) is 0 Å². The molecule has 138 valence electrons. The SMILES string of the molecule is C#CCCOC(=O)Cc1ccc(N(CC#C)Cc2ccc(F)cc2)cc1N. The van der Waals surface area contributed by atoms with Crippen LogP contribution < -0.4 is 10.6 Å². The predicted molar refractivity (Wildman–Crippen MR) is 105 cm³/mol. The van der Waals surface area contributed by atoms with Gasteiger partial charge in [0, 0.05) is 24.3 Å². The first-order chi connectivity index (χ1) is 13.0. The van der Waals surface area contributed by atoms with Crippen molar-refractivity contribution >= 4 is 17.3 Å². The summed E-state index contributed by atoms with van der Waals surface area (Å²) >= 11 is 0. The van der Waals surface area contributed by atoms with Crippen molar-refractivity contribution in [3.05, 3.63) is 59.4 Å². The molecule has 0 aliphatic carbocycles. The van der Waals surface area contributed by atoms with Gasteiger partial charge in [0.1, 0.15) is 12.4 Å². The molecule has 0 bridgehead atoms. The predicted octanol–water partition coefficient (Wildman–Crippen LogP) is 3.16. The van der Waals surface area contributed by atoms with Gasteiger partial charge in [0.2, 0.25) is 0 Å². The van der Waals surface area contributed by atoms with Gasteiger partial charge < -0.3 is 15.4 Å². The summed E-state index contributed by atoms with van der Waals surface area (Å²) in [5.74, 6) is 4.36. The fourth-order valence-corrected chi connectivity index (χ4v) is 2.53. The van der Waals surface area contributed by atoms with E-state index in [1.807, 2.05) is 11.0 Å². The number of benzene rings is 2. The standard InChI is InChI=1S/C22H21FN2O2/c1-3-5-13-27-22(26)14-18-8-11-20(15-21(18)24)25(12-4-2)16-17-6-9-19(23)10-7-17/h1-2,6-11,15H,5,12-14,16,24H2. The van der Waals surface area contributed by atoms with Crippen molar-refractivity contribution < 1.29 is 13.9 Å². The number of ether oxygens (including phenoxy) is 1. The molecule has 0 saturated heterocycles. The summed E-state index contributed by atoms with van der Waals surface area (Å²) < 4.78 is 18.1. The normalized spacial score (nSPS) is 9.89. The van der Waals surface area contributed by atoms with Crippen LogP contribution >= 0.6 is 0 Å². The van der Waals surface area contributed by atoms with Gasteiger partial charge in [-0.15, -0.1) is 18.8 Å². The van der Waals surface area contributed by atoms with E-state index in [4.69, 9.17) is 23.3 Å². The van der Waals surface area contributed by atoms with E-state index in [9.17, 15) is 9.18 Å². The minimum Gasteiger partial charge on any atom is -0.464 e. The minimum absolute atomic E-state index is 0.0732. The first kappa shape index (κ1) is 19.9. The molecule has 0 aromatic heterocycles. The molecule has 0 spiro atoms. The van der Waals surface area contributed by atoms with Gasteiger partial charge in [-0.2, -0.15) is 0 Å². The van der Waals surface area contributed by atoms with Crippen LogP contribution in [-0.4, -0.2) is 19.1 Å². The van der Waals surface area contributed by atoms with Crippen LogP contribution in [0, 0.1) is 30.5 Å². The molecular formula is C22H21FN2O2. The molecule has 0 heterocycles. The zero-order chi connectivity index (χ0) is 19.6. The Morgan fingerprint density at radius 3 is 2.52 bits per heavy atom. The van der Waals surface area contributed by atoms with Crippen molar-refractivity contribution in [2.24, 2.45) is 0 Å². The van der Waals surface area contributed by atoms with Crippen LogP contribution in [-0.2, 0) is 22.5 Å². The van der Waals surface area contributed by atoms with Crippen molar-refractivity contribution in [3.8, 4) is 24.7 Å². The average Bonchev–Trinajstić information content (AvgIpc) is 2.65. The number of anilines is 2. The van der Waals surface area contributed by atoms with E-state index in [1.165, 1.54) is 12.1 Å². The highest BCUT2D eigenvalue weighted by atomic mass is 19.1. The molecule has 0 unspecified atom stereocenters. The maximum Gasteiger partial charge on any atom is 0.310 e. The summed E-state index contributed by atoms with van der Waals surface area (Å²) in [7, 11) is 0. The number of terminal acetylenes is 2. The summed E-state index contributed by atoms with van der Waals surface area (Å²) in [5.41, 5.74) is 8.99. The maximum atomic E-state index is 13.1. The first-order valence-electron chi connectivity index (χ1n) is 8.44. The molecule has 0 fully saturated rings. The van der Waals surface area contributed by atoms with Gasteiger partial charge in [-0.3, -0.25) is 4.79 Å². The highest BCUT2D eigenvalue weighted by molar-refractivity contribution is 5.76. The number of carbonyl (C=O) groups is 1. The number of halogens is 1. The van der Waals surface area contributed by atoms with Crippen molar-refractivity contribution in [2.75, 3.05) is 23.8 Å². The van der Waals surface area contributed by atoms with E-state index in [0.29, 0.717) is 30.8 Å². The quantitative estimate of drug-likeness (QED) is 0.338. The molecule has 4 nitrogen and oxygen atoms in total. The molecule has 2 aromatic carbocycles. The van der Waals surface area contributed by atoms with Crippen LogP contribution in [0.25, 0.3) is 0 Å². The molecule has 0 aliphatic heterocycles. The smallest absolute Gasteiger partial charge is 0.310 e. The molecule has 0 radical (unpaired) electrons. The first-order valence-corrected chi connectivity index (χ1v) is 8.44. The van der Waals surface area contributed by atoms with Crippen LogP contribution in [0.3, 0.4) is 0 Å². The third-order valence-electron chi connectivity index (χ3n) is 3.91. The number of hydrogen-bond acceptors (Lipinski definition) is 4. The van der Waals surface area contributed by atoms with E-state index in [0.717, 1.165) is 11.3 Å². The van der Waals surface area contributed by atoms with E-state index in [2.05, 4.69) is 11.8 Å². The largest absolute Gasteiger partial charge is 0.464 e. The van der Waals surface area contributed by atoms with Gasteiger partial charge in [0.25, 0.3) is 0 Å². The Morgan fingerprint density at radius 1 is 1.15 bits per heavy atom. The van der Waals surface area contributed by atoms with Crippen molar-refractivity contribution in [1.29, 1.82) is 0 Å². The maximum absolute atomic E-state index is 13.1. The van der Waals surface area contributed by atoms with Crippen molar-refractivity contribution in [1.82, 2.24) is 0 Å². The van der Waals surface area contributed by atoms with E-state index in [1.54, 1.807) is 24.3 Å². The number of esters is 1. The second kappa shape index (κ2) is 9.89. The third kappa shape index (κ3) is 6.09. The Balaban J connectivity index is 2.10. The Bertz CT molecular complexity index is 863. The summed E-state index contributed by atoms with van der Waals surface area (Å²) in [4.78, 5) is 13.8. The number of nitrogen functional groups attached to an aromatic ring is 1. The lowest BCUT2D eigenvalue weighted by Gasteiger charge is -2.23. The number of carbonyl (C=O) groups excluding carboxylic acids is 1. The summed E-state index contributed by atoms with van der Waals surface area (Å²) in [6.07, 6.45) is 11.1. The molecular weight excluding hydrogens is 343 g/mol. The fourth-order valence-electron chi connectivity index (χ4n) is 2.53. The zero-order valence-electron chi connectivity index (χ0n) is 15.0. The fraction of sp³-hybridized carbons (Fsp3) is 0.227. The van der Waals surface area contributed by atoms with Crippen LogP contribution in [0.2, 0.25) is 0 Å². The van der Waals surface area contributed by atoms with Crippen LogP contribution in [0.1, 0.15) is 17.5 Å². The second-order valence-electron chi connectivity index (χ2n) is 5.92. The Hall–Kier alpha value is -3.44. The van der Waals surface area contributed by atoms with Gasteiger partial charge in [-0.1, -0.05) is 24.1 Å². The summed E-state index contributed by atoms with van der Waals surface area (Å²) in [6, 6.07) is 11.6. The molecule has 2 N–H and O–H groups in total. The molecule has 27 heavy (non-hydrogen) atoms. The minimum atomic E-state index is -0.378. The number of nitrogens with two attached hydrogens (primary N) is 1. The van der Waals surface area contributed by atoms with Gasteiger partial charge in [-0.25, -0.2) is 4.39 Å². The molecule has 2 rings (SSSR count). The molecule has 0 aliphatic rings. The summed E-state index contributed by atoms with van der Waals surface area (Å²) in [5, 5.41) is 0. The summed E-state index contributed by atoms with van der Waals surface area (Å²) in [6.45, 7) is 1.07. The third-order valence-corrected chi connectivity index (χ3v) is 3.91. The van der Waals surface area contributed by atoms with Gasteiger partial charge in [-0.05, 0) is 35.4 Å². The molecule has 0 amide bonds. The van der Waals surface area contributed by atoms with Crippen LogP contribution in [0.15, 0.2) is 42.5 Å². The number of nitrogens with zero attached hydrogens (tertiary/aromatic N) is 1. The molecule has 0 saturated carbocycles. The second-order valence-corrected chi connectivity index (χ2v) is 5.92. The Morgan fingerprint density at radius 2 is 1.89 bits per heavy atom. The number of rotatable bonds is 8.